The molecule has 16 heavy (non-hydrogen) atoms. The van der Waals surface area contributed by atoms with Crippen molar-refractivity contribution in [3.05, 3.63) is 30.0 Å². The highest BCUT2D eigenvalue weighted by molar-refractivity contribution is 7.99. The van der Waals surface area contributed by atoms with E-state index in [0.29, 0.717) is 11.1 Å². The van der Waals surface area contributed by atoms with Gasteiger partial charge >= 0.3 is 0 Å². The Morgan fingerprint density at radius 2 is 2.38 bits per heavy atom. The summed E-state index contributed by atoms with van der Waals surface area (Å²) in [5.41, 5.74) is 0. The lowest BCUT2D eigenvalue weighted by Gasteiger charge is -1.99. The van der Waals surface area contributed by atoms with Gasteiger partial charge in [-0.1, -0.05) is 11.8 Å². The molecule has 0 aromatic carbocycles. The molecule has 1 N–H and O–H groups in total. The molecule has 6 heteroatoms. The van der Waals surface area contributed by atoms with Gasteiger partial charge in [-0.05, 0) is 12.1 Å². The van der Waals surface area contributed by atoms with Crippen LogP contribution in [-0.4, -0.2) is 22.5 Å². The van der Waals surface area contributed by atoms with E-state index in [9.17, 15) is 0 Å². The van der Waals surface area contributed by atoms with Crippen LogP contribution in [0.1, 0.15) is 11.7 Å². The fourth-order valence-corrected chi connectivity index (χ4v) is 1.87. The summed E-state index contributed by atoms with van der Waals surface area (Å²) in [7, 11) is 0. The number of hydrogen-bond donors (Lipinski definition) is 1. The Kier molecular flexibility index (Phi) is 4.01. The average Bonchev–Trinajstić information content (AvgIpc) is 2.89. The van der Waals surface area contributed by atoms with E-state index < -0.39 is 0 Å². The molecule has 0 saturated heterocycles. The number of nitrogens with one attached hydrogen (secondary N) is 1. The van der Waals surface area contributed by atoms with Crippen LogP contribution in [0.3, 0.4) is 0 Å². The lowest BCUT2D eigenvalue weighted by Crippen LogP contribution is -2.15. The van der Waals surface area contributed by atoms with Crippen LogP contribution >= 0.6 is 11.8 Å². The maximum absolute atomic E-state index is 5.23. The summed E-state index contributed by atoms with van der Waals surface area (Å²) in [5, 5.41) is 11.5. The first kappa shape index (κ1) is 11.2. The van der Waals surface area contributed by atoms with Crippen LogP contribution in [-0.2, 0) is 6.54 Å². The Morgan fingerprint density at radius 3 is 3.06 bits per heavy atom. The van der Waals surface area contributed by atoms with E-state index in [4.69, 9.17) is 8.83 Å². The number of aromatic nitrogens is 2. The van der Waals surface area contributed by atoms with Crippen molar-refractivity contribution < 1.29 is 8.83 Å². The summed E-state index contributed by atoms with van der Waals surface area (Å²) in [6.45, 7) is 3.40. The zero-order valence-corrected chi connectivity index (χ0v) is 9.79. The predicted molar refractivity (Wildman–Crippen MR) is 60.2 cm³/mol. The van der Waals surface area contributed by atoms with Crippen molar-refractivity contribution in [3.8, 4) is 0 Å². The van der Waals surface area contributed by atoms with Gasteiger partial charge in [0.05, 0.1) is 12.8 Å². The minimum atomic E-state index is 0.603. The number of thioether (sulfide) groups is 1. The fourth-order valence-electron chi connectivity index (χ4n) is 1.17. The second-order valence-corrected chi connectivity index (χ2v) is 4.24. The Morgan fingerprint density at radius 1 is 1.44 bits per heavy atom. The highest BCUT2D eigenvalue weighted by atomic mass is 32.2. The molecular formula is C10H13N3O2S. The summed E-state index contributed by atoms with van der Waals surface area (Å²) in [5.74, 6) is 2.44. The molecule has 0 amide bonds. The number of rotatable bonds is 6. The van der Waals surface area contributed by atoms with Gasteiger partial charge in [0.1, 0.15) is 5.76 Å². The number of nitrogens with zero attached hydrogens (tertiary/aromatic N) is 2. The average molecular weight is 239 g/mol. The fraction of sp³-hybridized carbons (Fsp3) is 0.400. The Hall–Kier alpha value is -1.27. The molecule has 0 bridgehead atoms. The van der Waals surface area contributed by atoms with Crippen molar-refractivity contribution >= 4 is 11.8 Å². The van der Waals surface area contributed by atoms with Gasteiger partial charge in [-0.3, -0.25) is 0 Å². The third kappa shape index (κ3) is 3.39. The zero-order chi connectivity index (χ0) is 11.2. The number of furan rings is 1. The van der Waals surface area contributed by atoms with Crippen molar-refractivity contribution in [1.82, 2.24) is 15.5 Å². The third-order valence-electron chi connectivity index (χ3n) is 1.89. The molecule has 0 fully saturated rings. The minimum absolute atomic E-state index is 0.603. The van der Waals surface area contributed by atoms with Gasteiger partial charge in [0, 0.05) is 19.2 Å². The highest BCUT2D eigenvalue weighted by Crippen LogP contribution is 2.14. The van der Waals surface area contributed by atoms with E-state index in [0.717, 1.165) is 24.6 Å². The molecule has 2 heterocycles. The van der Waals surface area contributed by atoms with Crippen molar-refractivity contribution in [3.63, 3.8) is 0 Å². The molecule has 86 valence electrons. The second-order valence-electron chi connectivity index (χ2n) is 3.19. The lowest BCUT2D eigenvalue weighted by atomic mass is 10.4. The molecule has 2 aromatic heterocycles. The standard InChI is InChI=1S/C10H13N3O2S/c1-8-12-13-10(15-8)16-6-4-11-7-9-3-2-5-14-9/h2-3,5,11H,4,6-7H2,1H3. The molecule has 5 nitrogen and oxygen atoms in total. The van der Waals surface area contributed by atoms with Gasteiger partial charge < -0.3 is 14.2 Å². The van der Waals surface area contributed by atoms with Crippen LogP contribution in [0.25, 0.3) is 0 Å². The number of aryl methyl sites for hydroxylation is 1. The van der Waals surface area contributed by atoms with Crippen LogP contribution in [0.5, 0.6) is 0 Å². The second kappa shape index (κ2) is 5.72. The molecule has 0 spiro atoms. The van der Waals surface area contributed by atoms with Crippen molar-refractivity contribution in [2.45, 2.75) is 18.7 Å². The van der Waals surface area contributed by atoms with Crippen LogP contribution in [0.4, 0.5) is 0 Å². The van der Waals surface area contributed by atoms with Crippen LogP contribution in [0.15, 0.2) is 32.5 Å². The van der Waals surface area contributed by atoms with Crippen LogP contribution < -0.4 is 5.32 Å². The monoisotopic (exact) mass is 239 g/mol. The van der Waals surface area contributed by atoms with Crippen molar-refractivity contribution in [2.24, 2.45) is 0 Å². The molecule has 2 aromatic rings. The first-order valence-electron chi connectivity index (χ1n) is 5.00. The first-order chi connectivity index (χ1) is 7.84. The number of hydrogen-bond acceptors (Lipinski definition) is 6. The minimum Gasteiger partial charge on any atom is -0.468 e. The van der Waals surface area contributed by atoms with Gasteiger partial charge in [0.25, 0.3) is 5.22 Å². The molecule has 0 aliphatic heterocycles. The van der Waals surface area contributed by atoms with E-state index in [1.807, 2.05) is 12.1 Å². The summed E-state index contributed by atoms with van der Waals surface area (Å²) in [4.78, 5) is 0. The first-order valence-corrected chi connectivity index (χ1v) is 5.99. The molecular weight excluding hydrogens is 226 g/mol. The van der Waals surface area contributed by atoms with Gasteiger partial charge in [-0.25, -0.2) is 0 Å². The Balaban J connectivity index is 1.59. The van der Waals surface area contributed by atoms with E-state index in [-0.39, 0.29) is 0 Å². The SMILES string of the molecule is Cc1nnc(SCCNCc2ccco2)o1. The molecule has 2 rings (SSSR count). The van der Waals surface area contributed by atoms with Crippen molar-refractivity contribution in [2.75, 3.05) is 12.3 Å². The molecule has 0 aliphatic rings. The molecule has 0 aliphatic carbocycles. The van der Waals surface area contributed by atoms with E-state index in [1.54, 1.807) is 24.9 Å². The van der Waals surface area contributed by atoms with Crippen molar-refractivity contribution in [1.29, 1.82) is 0 Å². The summed E-state index contributed by atoms with van der Waals surface area (Å²) in [6, 6.07) is 3.83. The quantitative estimate of drug-likeness (QED) is 0.613. The zero-order valence-electron chi connectivity index (χ0n) is 8.97. The topological polar surface area (TPSA) is 64.1 Å². The van der Waals surface area contributed by atoms with E-state index in [1.165, 1.54) is 0 Å². The van der Waals surface area contributed by atoms with Gasteiger partial charge in [-0.2, -0.15) is 0 Å². The maximum atomic E-state index is 5.23. The van der Waals surface area contributed by atoms with E-state index >= 15 is 0 Å². The van der Waals surface area contributed by atoms with E-state index in [2.05, 4.69) is 15.5 Å². The third-order valence-corrected chi connectivity index (χ3v) is 2.71. The highest BCUT2D eigenvalue weighted by Gasteiger charge is 2.02. The van der Waals surface area contributed by atoms with Crippen LogP contribution in [0, 0.1) is 6.92 Å². The van der Waals surface area contributed by atoms with Crippen LogP contribution in [0.2, 0.25) is 0 Å². The van der Waals surface area contributed by atoms with Gasteiger partial charge in [0.15, 0.2) is 0 Å². The molecule has 0 unspecified atom stereocenters. The largest absolute Gasteiger partial charge is 0.468 e. The molecule has 0 radical (unpaired) electrons. The predicted octanol–water partition coefficient (Wildman–Crippen LogP) is 1.85. The Bertz CT molecular complexity index is 413. The molecule has 0 saturated carbocycles. The summed E-state index contributed by atoms with van der Waals surface area (Å²) >= 11 is 1.55. The Labute approximate surface area is 97.6 Å². The lowest BCUT2D eigenvalue weighted by molar-refractivity contribution is 0.429. The maximum Gasteiger partial charge on any atom is 0.276 e. The van der Waals surface area contributed by atoms with Gasteiger partial charge in [0.2, 0.25) is 5.89 Å². The summed E-state index contributed by atoms with van der Waals surface area (Å²) < 4.78 is 10.4. The summed E-state index contributed by atoms with van der Waals surface area (Å²) in [6.07, 6.45) is 1.67. The molecule has 0 atom stereocenters. The normalized spacial score (nSPS) is 10.8. The smallest absolute Gasteiger partial charge is 0.276 e. The van der Waals surface area contributed by atoms with Gasteiger partial charge in [-0.15, -0.1) is 10.2 Å².